The zero-order valence-corrected chi connectivity index (χ0v) is 11.1. The van der Waals surface area contributed by atoms with Crippen LogP contribution in [0, 0.1) is 20.2 Å². The number of nitrogens with one attached hydrogen (secondary N) is 2. The van der Waals surface area contributed by atoms with Crippen molar-refractivity contribution in [2.45, 2.75) is 19.4 Å². The van der Waals surface area contributed by atoms with E-state index < -0.39 is 9.85 Å². The minimum Gasteiger partial charge on any atom is -0.370 e. The number of rotatable bonds is 6. The predicted octanol–water partition coefficient (Wildman–Crippen LogP) is 2.79. The van der Waals surface area contributed by atoms with Gasteiger partial charge in [0.2, 0.25) is 0 Å². The van der Waals surface area contributed by atoms with E-state index in [2.05, 4.69) is 15.3 Å². The minimum absolute atomic E-state index is 0.217. The number of hydrogen-bond donors (Lipinski definition) is 2. The van der Waals surface area contributed by atoms with Crippen LogP contribution in [0.1, 0.15) is 25.2 Å². The SMILES string of the molecule is CCC(Nc1ccc([N+](=O)[O-])cc1[N+](=O)[O-])c1ncc[nH]1. The summed E-state index contributed by atoms with van der Waals surface area (Å²) in [6.45, 7) is 1.90. The maximum atomic E-state index is 11.1. The van der Waals surface area contributed by atoms with E-state index in [0.717, 1.165) is 6.07 Å². The summed E-state index contributed by atoms with van der Waals surface area (Å²) >= 11 is 0. The molecule has 0 aliphatic carbocycles. The Bertz CT molecular complexity index is 656. The van der Waals surface area contributed by atoms with Gasteiger partial charge < -0.3 is 10.3 Å². The molecule has 0 saturated carbocycles. The maximum Gasteiger partial charge on any atom is 0.299 e. The van der Waals surface area contributed by atoms with Crippen LogP contribution in [0.4, 0.5) is 17.1 Å². The molecule has 0 amide bonds. The first-order chi connectivity index (χ1) is 10.0. The average Bonchev–Trinajstić information content (AvgIpc) is 2.98. The molecule has 1 unspecified atom stereocenters. The van der Waals surface area contributed by atoms with Gasteiger partial charge in [-0.1, -0.05) is 6.92 Å². The van der Waals surface area contributed by atoms with Gasteiger partial charge in [-0.15, -0.1) is 0 Å². The third kappa shape index (κ3) is 3.14. The van der Waals surface area contributed by atoms with Gasteiger partial charge in [0.05, 0.1) is 22.0 Å². The van der Waals surface area contributed by atoms with E-state index in [0.29, 0.717) is 12.2 Å². The molecular weight excluding hydrogens is 278 g/mol. The van der Waals surface area contributed by atoms with E-state index in [9.17, 15) is 20.2 Å². The minimum atomic E-state index is -0.666. The van der Waals surface area contributed by atoms with Crippen molar-refractivity contribution in [1.82, 2.24) is 9.97 Å². The molecule has 0 aliphatic heterocycles. The van der Waals surface area contributed by atoms with Crippen molar-refractivity contribution in [3.63, 3.8) is 0 Å². The van der Waals surface area contributed by atoms with Gasteiger partial charge in [-0.3, -0.25) is 20.2 Å². The molecule has 110 valence electrons. The third-order valence-electron chi connectivity index (χ3n) is 2.98. The first-order valence-corrected chi connectivity index (χ1v) is 6.21. The summed E-state index contributed by atoms with van der Waals surface area (Å²) in [5.74, 6) is 0.644. The Morgan fingerprint density at radius 1 is 1.33 bits per heavy atom. The van der Waals surface area contributed by atoms with Crippen molar-refractivity contribution in [2.24, 2.45) is 0 Å². The Labute approximate surface area is 119 Å². The Morgan fingerprint density at radius 3 is 2.62 bits per heavy atom. The van der Waals surface area contributed by atoms with Gasteiger partial charge in [0.25, 0.3) is 11.4 Å². The lowest BCUT2D eigenvalue weighted by Gasteiger charge is -2.15. The van der Waals surface area contributed by atoms with E-state index in [1.165, 1.54) is 12.1 Å². The second-order valence-electron chi connectivity index (χ2n) is 4.30. The van der Waals surface area contributed by atoms with E-state index in [1.807, 2.05) is 6.92 Å². The lowest BCUT2D eigenvalue weighted by molar-refractivity contribution is -0.393. The number of nitro benzene ring substituents is 2. The van der Waals surface area contributed by atoms with Gasteiger partial charge in [-0.2, -0.15) is 0 Å². The van der Waals surface area contributed by atoms with Crippen LogP contribution >= 0.6 is 0 Å². The fraction of sp³-hybridized carbons (Fsp3) is 0.250. The van der Waals surface area contributed by atoms with Crippen LogP contribution in [0.5, 0.6) is 0 Å². The number of benzene rings is 1. The molecule has 9 nitrogen and oxygen atoms in total. The second kappa shape index (κ2) is 5.99. The summed E-state index contributed by atoms with van der Waals surface area (Å²) < 4.78 is 0. The molecule has 1 aromatic carbocycles. The molecule has 0 radical (unpaired) electrons. The zero-order chi connectivity index (χ0) is 15.4. The highest BCUT2D eigenvalue weighted by molar-refractivity contribution is 5.65. The van der Waals surface area contributed by atoms with Crippen LogP contribution in [0.25, 0.3) is 0 Å². The predicted molar refractivity (Wildman–Crippen MR) is 75.0 cm³/mol. The standard InChI is InChI=1S/C12H13N5O4/c1-2-9(12-13-5-6-14-12)15-10-4-3-8(16(18)19)7-11(10)17(20)21/h3-7,9,15H,2H2,1H3,(H,13,14). The Kier molecular flexibility index (Phi) is 4.12. The largest absolute Gasteiger partial charge is 0.370 e. The van der Waals surface area contributed by atoms with E-state index >= 15 is 0 Å². The molecule has 1 aromatic heterocycles. The van der Waals surface area contributed by atoms with Gasteiger partial charge in [0, 0.05) is 18.5 Å². The van der Waals surface area contributed by atoms with Crippen molar-refractivity contribution < 1.29 is 9.85 Å². The van der Waals surface area contributed by atoms with Crippen LogP contribution in [-0.2, 0) is 0 Å². The van der Waals surface area contributed by atoms with Crippen LogP contribution in [0.3, 0.4) is 0 Å². The van der Waals surface area contributed by atoms with Gasteiger partial charge in [0.1, 0.15) is 11.5 Å². The Balaban J connectivity index is 2.34. The summed E-state index contributed by atoms with van der Waals surface area (Å²) in [6, 6.07) is 3.25. The Hall–Kier alpha value is -2.97. The van der Waals surface area contributed by atoms with E-state index in [4.69, 9.17) is 0 Å². The molecule has 0 bridgehead atoms. The lowest BCUT2D eigenvalue weighted by atomic mass is 10.1. The zero-order valence-electron chi connectivity index (χ0n) is 11.1. The van der Waals surface area contributed by atoms with Gasteiger partial charge in [-0.05, 0) is 12.5 Å². The number of aromatic nitrogens is 2. The molecule has 0 spiro atoms. The van der Waals surface area contributed by atoms with Crippen molar-refractivity contribution in [3.8, 4) is 0 Å². The number of hydrogen-bond acceptors (Lipinski definition) is 6. The first kappa shape index (κ1) is 14.4. The second-order valence-corrected chi connectivity index (χ2v) is 4.30. The number of nitrogens with zero attached hydrogens (tertiary/aromatic N) is 3. The summed E-state index contributed by atoms with van der Waals surface area (Å²) in [4.78, 5) is 27.5. The molecule has 2 N–H and O–H groups in total. The van der Waals surface area contributed by atoms with Gasteiger partial charge in [-0.25, -0.2) is 4.98 Å². The summed E-state index contributed by atoms with van der Waals surface area (Å²) in [7, 11) is 0. The highest BCUT2D eigenvalue weighted by Crippen LogP contribution is 2.31. The molecule has 0 aliphatic rings. The molecule has 9 heteroatoms. The molecule has 0 fully saturated rings. The highest BCUT2D eigenvalue weighted by atomic mass is 16.6. The topological polar surface area (TPSA) is 127 Å². The molecule has 2 rings (SSSR count). The fourth-order valence-electron chi connectivity index (χ4n) is 1.93. The van der Waals surface area contributed by atoms with Crippen molar-refractivity contribution in [3.05, 3.63) is 56.6 Å². The molecule has 0 saturated heterocycles. The normalized spacial score (nSPS) is 11.9. The fourth-order valence-corrected chi connectivity index (χ4v) is 1.93. The van der Waals surface area contributed by atoms with Crippen LogP contribution in [0.2, 0.25) is 0 Å². The average molecular weight is 291 g/mol. The molecule has 21 heavy (non-hydrogen) atoms. The summed E-state index contributed by atoms with van der Waals surface area (Å²) in [5.41, 5.74) is -0.443. The highest BCUT2D eigenvalue weighted by Gasteiger charge is 2.22. The lowest BCUT2D eigenvalue weighted by Crippen LogP contribution is -2.12. The quantitative estimate of drug-likeness (QED) is 0.622. The number of anilines is 1. The third-order valence-corrected chi connectivity index (χ3v) is 2.98. The molecular formula is C12H13N5O4. The molecule has 2 aromatic rings. The molecule has 1 atom stereocenters. The van der Waals surface area contributed by atoms with Gasteiger partial charge >= 0.3 is 0 Å². The molecule has 1 heterocycles. The maximum absolute atomic E-state index is 11.1. The van der Waals surface area contributed by atoms with Gasteiger partial charge in [0.15, 0.2) is 0 Å². The van der Waals surface area contributed by atoms with E-state index in [-0.39, 0.29) is 23.1 Å². The van der Waals surface area contributed by atoms with E-state index in [1.54, 1.807) is 12.4 Å². The van der Waals surface area contributed by atoms with Crippen molar-refractivity contribution in [1.29, 1.82) is 0 Å². The van der Waals surface area contributed by atoms with Crippen LogP contribution in [0.15, 0.2) is 30.6 Å². The van der Waals surface area contributed by atoms with Crippen LogP contribution in [-0.4, -0.2) is 19.8 Å². The number of aromatic amines is 1. The number of imidazole rings is 1. The number of non-ortho nitro benzene ring substituents is 1. The monoisotopic (exact) mass is 291 g/mol. The summed E-state index contributed by atoms with van der Waals surface area (Å²) in [6.07, 6.45) is 3.88. The summed E-state index contributed by atoms with van der Waals surface area (Å²) in [5, 5.41) is 24.8. The smallest absolute Gasteiger partial charge is 0.299 e. The number of H-pyrrole nitrogens is 1. The Morgan fingerprint density at radius 2 is 2.10 bits per heavy atom. The number of nitro groups is 2. The van der Waals surface area contributed by atoms with Crippen LogP contribution < -0.4 is 5.32 Å². The van der Waals surface area contributed by atoms with Crippen molar-refractivity contribution in [2.75, 3.05) is 5.32 Å². The first-order valence-electron chi connectivity index (χ1n) is 6.21. The van der Waals surface area contributed by atoms with Crippen molar-refractivity contribution >= 4 is 17.1 Å².